The molecule has 0 amide bonds. The van der Waals surface area contributed by atoms with Crippen molar-refractivity contribution >= 4 is 23.1 Å². The van der Waals surface area contributed by atoms with Crippen LogP contribution in [0.2, 0.25) is 0 Å². The predicted octanol–water partition coefficient (Wildman–Crippen LogP) is -2.32. The summed E-state index contributed by atoms with van der Waals surface area (Å²) in [6.45, 7) is 2.29. The molecule has 0 bridgehead atoms. The number of hydrogen-bond donors (Lipinski definition) is 0. The third-order valence-corrected chi connectivity index (χ3v) is 0. The first-order valence-electron chi connectivity index (χ1n) is 1.06. The van der Waals surface area contributed by atoms with Gasteiger partial charge in [-0.15, -0.1) is 0 Å². The number of rotatable bonds is 0. The molecule has 0 atom stereocenters. The molecule has 0 saturated carbocycles. The van der Waals surface area contributed by atoms with Crippen LogP contribution in [0.25, 0.3) is 5.73 Å². The first-order chi connectivity index (χ1) is 1.41. The molecular weight excluding hydrogens is 97.8 g/mol. The van der Waals surface area contributed by atoms with Gasteiger partial charge in [-0.1, -0.05) is 6.92 Å². The molecule has 0 heterocycles. The second-order valence-corrected chi connectivity index (χ2v) is 0.354. The Labute approximate surface area is 54.9 Å². The molecule has 0 aromatic heterocycles. The minimum absolute atomic E-state index is 0. The molecule has 28 valence electrons. The summed E-state index contributed by atoms with van der Waals surface area (Å²) < 4.78 is 0. The second-order valence-electron chi connectivity index (χ2n) is 0.354. The Hall–Kier alpha value is 1.02. The van der Waals surface area contributed by atoms with Gasteiger partial charge in [0.05, 0.1) is 0 Å². The molecule has 0 unspecified atom stereocenters. The summed E-state index contributed by atoms with van der Waals surface area (Å²) >= 11 is 0. The molecule has 0 aliphatic rings. The fourth-order valence-electron chi connectivity index (χ4n) is 0. The van der Waals surface area contributed by atoms with Gasteiger partial charge in [-0.05, 0) is 0 Å². The molecule has 0 aromatic carbocycles. The number of hydrogen-bond acceptors (Lipinski definition) is 0. The van der Waals surface area contributed by atoms with E-state index in [1.807, 2.05) is 0 Å². The van der Waals surface area contributed by atoms with Crippen molar-refractivity contribution in [2.75, 3.05) is 6.54 Å². The summed E-state index contributed by atoms with van der Waals surface area (Å²) in [6.07, 6.45) is 0. The van der Waals surface area contributed by atoms with E-state index in [1.165, 1.54) is 0 Å². The number of nitrogens with one attached hydrogen (secondary N) is 1. The Kier molecular flexibility index (Phi) is 66.2. The fraction of sp³-hybridized carbons (Fsp3) is 1.00. The summed E-state index contributed by atoms with van der Waals surface area (Å²) in [5.74, 6) is 0. The van der Waals surface area contributed by atoms with E-state index >= 15 is 0 Å². The van der Waals surface area contributed by atoms with E-state index in [0.717, 1.165) is 0 Å². The number of halogens is 1. The molecule has 0 radical (unpaired) electrons. The maximum atomic E-state index is 6.21. The van der Waals surface area contributed by atoms with Crippen LogP contribution in [0.15, 0.2) is 0 Å². The topological polar surface area (TPSA) is 23.8 Å². The minimum Gasteiger partial charge on any atom is -1.00 e. The van der Waals surface area contributed by atoms with Gasteiger partial charge in [0.25, 0.3) is 0 Å². The van der Waals surface area contributed by atoms with Crippen molar-refractivity contribution in [1.82, 2.24) is 0 Å². The third kappa shape index (κ3) is 44.2. The van der Waals surface area contributed by atoms with Crippen molar-refractivity contribution in [2.24, 2.45) is 0 Å². The molecular formula is C2H6ClMgN. The van der Waals surface area contributed by atoms with Gasteiger partial charge in [-0.25, -0.2) is 0 Å². The van der Waals surface area contributed by atoms with Gasteiger partial charge in [0.1, 0.15) is 0 Å². The van der Waals surface area contributed by atoms with Crippen LogP contribution in [0.4, 0.5) is 0 Å². The monoisotopic (exact) mass is 103 g/mol. The van der Waals surface area contributed by atoms with Crippen LogP contribution in [0, 0.1) is 0 Å². The van der Waals surface area contributed by atoms with Crippen LogP contribution < -0.4 is 12.4 Å². The standard InChI is InChI=1S/C2H6N.ClH.Mg/c1-2-3;;/h3H,2H2,1H3;1H;/q-1;;+2/p-1. The van der Waals surface area contributed by atoms with Crippen molar-refractivity contribution in [1.29, 1.82) is 0 Å². The van der Waals surface area contributed by atoms with E-state index < -0.39 is 0 Å². The molecule has 0 aliphatic carbocycles. The van der Waals surface area contributed by atoms with Crippen LogP contribution in [0.1, 0.15) is 6.92 Å². The zero-order valence-corrected chi connectivity index (χ0v) is 5.46. The fourth-order valence-corrected chi connectivity index (χ4v) is 0. The maximum Gasteiger partial charge on any atom is 2.00 e. The second kappa shape index (κ2) is 19.9. The molecule has 0 saturated heterocycles. The van der Waals surface area contributed by atoms with Crippen LogP contribution in [-0.2, 0) is 0 Å². The van der Waals surface area contributed by atoms with E-state index in [4.69, 9.17) is 5.73 Å². The summed E-state index contributed by atoms with van der Waals surface area (Å²) in [6, 6.07) is 0. The zero-order chi connectivity index (χ0) is 2.71. The first-order valence-corrected chi connectivity index (χ1v) is 1.06. The predicted molar refractivity (Wildman–Crippen MR) is 20.6 cm³/mol. The van der Waals surface area contributed by atoms with E-state index in [9.17, 15) is 0 Å². The van der Waals surface area contributed by atoms with Crippen LogP contribution in [0.3, 0.4) is 0 Å². The SMILES string of the molecule is CC[NH-].[Cl-].[Mg+2]. The van der Waals surface area contributed by atoms with Crippen molar-refractivity contribution in [3.63, 3.8) is 0 Å². The van der Waals surface area contributed by atoms with E-state index in [1.54, 1.807) is 6.92 Å². The largest absolute Gasteiger partial charge is 2.00 e. The van der Waals surface area contributed by atoms with Crippen molar-refractivity contribution in [3.8, 4) is 0 Å². The minimum atomic E-state index is 0. The van der Waals surface area contributed by atoms with Crippen molar-refractivity contribution in [3.05, 3.63) is 5.73 Å². The first kappa shape index (κ1) is 16.6. The van der Waals surface area contributed by atoms with Gasteiger partial charge in [0, 0.05) is 0 Å². The molecule has 0 aliphatic heterocycles. The van der Waals surface area contributed by atoms with Crippen LogP contribution in [0.5, 0.6) is 0 Å². The van der Waals surface area contributed by atoms with Gasteiger partial charge in [0.15, 0.2) is 0 Å². The molecule has 0 fully saturated rings. The zero-order valence-electron chi connectivity index (χ0n) is 3.29. The van der Waals surface area contributed by atoms with Gasteiger partial charge in [-0.2, -0.15) is 6.54 Å². The van der Waals surface area contributed by atoms with Gasteiger partial charge in [0.2, 0.25) is 0 Å². The van der Waals surface area contributed by atoms with E-state index in [-0.39, 0.29) is 35.5 Å². The molecule has 0 spiro atoms. The van der Waals surface area contributed by atoms with Crippen molar-refractivity contribution < 1.29 is 12.4 Å². The average molecular weight is 104 g/mol. The molecule has 0 rings (SSSR count). The summed E-state index contributed by atoms with van der Waals surface area (Å²) in [7, 11) is 0. The summed E-state index contributed by atoms with van der Waals surface area (Å²) in [5, 5.41) is 0. The normalized spacial score (nSPS) is 3.60. The Morgan fingerprint density at radius 1 is 1.60 bits per heavy atom. The summed E-state index contributed by atoms with van der Waals surface area (Å²) in [5.41, 5.74) is 6.21. The Balaban J connectivity index is -0.0000000200. The van der Waals surface area contributed by atoms with Crippen molar-refractivity contribution in [2.45, 2.75) is 6.92 Å². The Morgan fingerprint density at radius 3 is 1.60 bits per heavy atom. The summed E-state index contributed by atoms with van der Waals surface area (Å²) in [4.78, 5) is 0. The van der Waals surface area contributed by atoms with E-state index in [2.05, 4.69) is 0 Å². The van der Waals surface area contributed by atoms with Crippen LogP contribution >= 0.6 is 0 Å². The molecule has 1 nitrogen and oxygen atoms in total. The molecule has 1 N–H and O–H groups in total. The quantitative estimate of drug-likeness (QED) is 0.308. The van der Waals surface area contributed by atoms with Gasteiger partial charge >= 0.3 is 23.1 Å². The smallest absolute Gasteiger partial charge is 1.00 e. The van der Waals surface area contributed by atoms with Gasteiger partial charge < -0.3 is 18.1 Å². The maximum absolute atomic E-state index is 6.21. The molecule has 0 aromatic rings. The van der Waals surface area contributed by atoms with Gasteiger partial charge in [-0.3, -0.25) is 0 Å². The van der Waals surface area contributed by atoms with E-state index in [0.29, 0.717) is 6.54 Å². The Bertz CT molecular complexity index is 9.61. The van der Waals surface area contributed by atoms with Crippen LogP contribution in [-0.4, -0.2) is 29.6 Å². The molecule has 3 heteroatoms. The Morgan fingerprint density at radius 2 is 1.60 bits per heavy atom. The molecule has 5 heavy (non-hydrogen) atoms. The third-order valence-electron chi connectivity index (χ3n) is 0. The average Bonchev–Trinajstić information content (AvgIpc) is 0.918.